The molecule has 4 nitrogen and oxygen atoms in total. The third-order valence-corrected chi connectivity index (χ3v) is 3.50. The lowest BCUT2D eigenvalue weighted by Gasteiger charge is -2.11. The molecule has 1 heterocycles. The maximum atomic E-state index is 12.0. The summed E-state index contributed by atoms with van der Waals surface area (Å²) >= 11 is 1.34. The van der Waals surface area contributed by atoms with E-state index in [0.29, 0.717) is 5.16 Å². The summed E-state index contributed by atoms with van der Waals surface area (Å²) < 4.78 is 0. The molecule has 1 amide bonds. The molecular weight excluding hydrogens is 258 g/mol. The third kappa shape index (κ3) is 4.06. The molecule has 1 aromatic carbocycles. The van der Waals surface area contributed by atoms with Crippen LogP contribution < -0.4 is 5.32 Å². The average Bonchev–Trinajstić information content (AvgIpc) is 2.42. The van der Waals surface area contributed by atoms with E-state index in [9.17, 15) is 4.79 Å². The van der Waals surface area contributed by atoms with Crippen LogP contribution in [-0.4, -0.2) is 21.1 Å². The maximum Gasteiger partial charge on any atom is 0.237 e. The minimum Gasteiger partial charge on any atom is -0.325 e. The Kier molecular flexibility index (Phi) is 4.52. The topological polar surface area (TPSA) is 54.9 Å². The lowest BCUT2D eigenvalue weighted by atomic mass is 10.2. The lowest BCUT2D eigenvalue weighted by molar-refractivity contribution is -0.115. The fourth-order valence-corrected chi connectivity index (χ4v) is 2.16. The van der Waals surface area contributed by atoms with Crippen molar-refractivity contribution in [1.82, 2.24) is 9.97 Å². The molecule has 19 heavy (non-hydrogen) atoms. The number of nitrogens with zero attached hydrogens (tertiary/aromatic N) is 2. The molecule has 2 rings (SSSR count). The number of rotatable bonds is 4. The number of nitrogens with one attached hydrogen (secondary N) is 1. The second-order valence-corrected chi connectivity index (χ2v) is 5.45. The number of benzene rings is 1. The number of hydrogen-bond donors (Lipinski definition) is 1. The predicted octanol–water partition coefficient (Wildman–Crippen LogP) is 2.90. The third-order valence-electron chi connectivity index (χ3n) is 2.51. The van der Waals surface area contributed by atoms with Gasteiger partial charge in [0.15, 0.2) is 5.16 Å². The monoisotopic (exact) mass is 273 g/mol. The second kappa shape index (κ2) is 6.33. The molecule has 0 spiro atoms. The Morgan fingerprint density at radius 2 is 1.84 bits per heavy atom. The van der Waals surface area contributed by atoms with Gasteiger partial charge in [-0.15, -0.1) is 0 Å². The van der Waals surface area contributed by atoms with E-state index >= 15 is 0 Å². The molecule has 0 fully saturated rings. The number of thioether (sulfide) groups is 1. The van der Waals surface area contributed by atoms with Crippen LogP contribution in [0.2, 0.25) is 0 Å². The fourth-order valence-electron chi connectivity index (χ4n) is 1.44. The average molecular weight is 273 g/mol. The summed E-state index contributed by atoms with van der Waals surface area (Å²) in [6.45, 7) is 3.85. The number of aryl methyl sites for hydroxylation is 1. The van der Waals surface area contributed by atoms with E-state index in [0.717, 1.165) is 11.3 Å². The largest absolute Gasteiger partial charge is 0.325 e. The zero-order valence-corrected chi connectivity index (χ0v) is 11.6. The van der Waals surface area contributed by atoms with Crippen LogP contribution in [-0.2, 0) is 4.79 Å². The van der Waals surface area contributed by atoms with Crippen molar-refractivity contribution < 1.29 is 4.79 Å². The van der Waals surface area contributed by atoms with E-state index in [1.807, 2.05) is 38.1 Å². The van der Waals surface area contributed by atoms with Crippen molar-refractivity contribution in [3.05, 3.63) is 48.3 Å². The van der Waals surface area contributed by atoms with E-state index in [4.69, 9.17) is 0 Å². The van der Waals surface area contributed by atoms with Gasteiger partial charge < -0.3 is 5.32 Å². The molecule has 0 aliphatic carbocycles. The summed E-state index contributed by atoms with van der Waals surface area (Å²) in [5.74, 6) is -0.0543. The van der Waals surface area contributed by atoms with Crippen molar-refractivity contribution in [3.8, 4) is 0 Å². The Hall–Kier alpha value is -1.88. The Bertz CT molecular complexity index is 542. The Morgan fingerprint density at radius 1 is 1.21 bits per heavy atom. The highest BCUT2D eigenvalue weighted by Crippen LogP contribution is 2.20. The molecule has 2 aromatic rings. The van der Waals surface area contributed by atoms with Gasteiger partial charge in [0.1, 0.15) is 0 Å². The van der Waals surface area contributed by atoms with Crippen LogP contribution in [0.25, 0.3) is 0 Å². The Balaban J connectivity index is 1.94. The summed E-state index contributed by atoms with van der Waals surface area (Å²) in [4.78, 5) is 20.2. The van der Waals surface area contributed by atoms with Gasteiger partial charge >= 0.3 is 0 Å². The van der Waals surface area contributed by atoms with Crippen molar-refractivity contribution in [3.63, 3.8) is 0 Å². The van der Waals surface area contributed by atoms with Gasteiger partial charge in [0.05, 0.1) is 5.25 Å². The normalized spacial score (nSPS) is 11.9. The first kappa shape index (κ1) is 13.5. The van der Waals surface area contributed by atoms with Gasteiger partial charge in [0.25, 0.3) is 0 Å². The molecule has 0 aliphatic rings. The zero-order valence-electron chi connectivity index (χ0n) is 10.8. The first-order valence-electron chi connectivity index (χ1n) is 5.96. The van der Waals surface area contributed by atoms with E-state index < -0.39 is 0 Å². The van der Waals surface area contributed by atoms with E-state index in [-0.39, 0.29) is 11.2 Å². The van der Waals surface area contributed by atoms with Crippen molar-refractivity contribution in [2.24, 2.45) is 0 Å². The molecule has 5 heteroatoms. The highest BCUT2D eigenvalue weighted by atomic mass is 32.2. The van der Waals surface area contributed by atoms with Crippen LogP contribution in [0.15, 0.2) is 47.9 Å². The molecule has 1 N–H and O–H groups in total. The van der Waals surface area contributed by atoms with Gasteiger partial charge in [-0.25, -0.2) is 9.97 Å². The standard InChI is InChI=1S/C14H15N3OS/c1-10-4-6-12(7-5-10)17-13(18)11(2)19-14-15-8-3-9-16-14/h3-9,11H,1-2H3,(H,17,18)/t11-/m1/s1. The van der Waals surface area contributed by atoms with E-state index in [1.54, 1.807) is 18.5 Å². The van der Waals surface area contributed by atoms with Crippen molar-refractivity contribution in [1.29, 1.82) is 0 Å². The van der Waals surface area contributed by atoms with Crippen LogP contribution in [0.1, 0.15) is 12.5 Å². The van der Waals surface area contributed by atoms with Crippen LogP contribution in [0.5, 0.6) is 0 Å². The molecule has 98 valence electrons. The molecular formula is C14H15N3OS. The smallest absolute Gasteiger partial charge is 0.237 e. The summed E-state index contributed by atoms with van der Waals surface area (Å²) in [5.41, 5.74) is 1.97. The van der Waals surface area contributed by atoms with Gasteiger partial charge in [-0.1, -0.05) is 29.5 Å². The minimum atomic E-state index is -0.247. The molecule has 0 aliphatic heterocycles. The summed E-state index contributed by atoms with van der Waals surface area (Å²) in [7, 11) is 0. The molecule has 1 atom stereocenters. The number of anilines is 1. The second-order valence-electron chi connectivity index (χ2n) is 4.15. The van der Waals surface area contributed by atoms with Crippen LogP contribution in [0.3, 0.4) is 0 Å². The maximum absolute atomic E-state index is 12.0. The van der Waals surface area contributed by atoms with Crippen molar-refractivity contribution in [2.45, 2.75) is 24.3 Å². The summed E-state index contributed by atoms with van der Waals surface area (Å²) in [6.07, 6.45) is 3.33. The van der Waals surface area contributed by atoms with Crippen LogP contribution >= 0.6 is 11.8 Å². The lowest BCUT2D eigenvalue weighted by Crippen LogP contribution is -2.22. The van der Waals surface area contributed by atoms with E-state index in [1.165, 1.54) is 11.8 Å². The Morgan fingerprint density at radius 3 is 2.47 bits per heavy atom. The minimum absolute atomic E-state index is 0.0543. The first-order valence-corrected chi connectivity index (χ1v) is 6.84. The quantitative estimate of drug-likeness (QED) is 0.687. The molecule has 0 saturated carbocycles. The molecule has 1 aromatic heterocycles. The fraction of sp³-hybridized carbons (Fsp3) is 0.214. The van der Waals surface area contributed by atoms with Crippen molar-refractivity contribution >= 4 is 23.4 Å². The van der Waals surface area contributed by atoms with Crippen molar-refractivity contribution in [2.75, 3.05) is 5.32 Å². The first-order chi connectivity index (χ1) is 9.15. The number of aromatic nitrogens is 2. The molecule has 0 bridgehead atoms. The van der Waals surface area contributed by atoms with Gasteiger partial charge in [-0.2, -0.15) is 0 Å². The summed E-state index contributed by atoms with van der Waals surface area (Å²) in [5, 5.41) is 3.23. The SMILES string of the molecule is Cc1ccc(NC(=O)[C@@H](C)Sc2ncccn2)cc1. The molecule has 0 radical (unpaired) electrons. The van der Waals surface area contributed by atoms with Crippen LogP contribution in [0.4, 0.5) is 5.69 Å². The highest BCUT2D eigenvalue weighted by molar-refractivity contribution is 8.00. The van der Waals surface area contributed by atoms with Gasteiger partial charge in [0.2, 0.25) is 5.91 Å². The number of carbonyl (C=O) groups is 1. The Labute approximate surface area is 116 Å². The van der Waals surface area contributed by atoms with E-state index in [2.05, 4.69) is 15.3 Å². The molecule has 0 unspecified atom stereocenters. The number of hydrogen-bond acceptors (Lipinski definition) is 4. The number of amides is 1. The summed E-state index contributed by atoms with van der Waals surface area (Å²) in [6, 6.07) is 9.47. The van der Waals surface area contributed by atoms with Gasteiger partial charge in [-0.05, 0) is 32.0 Å². The number of carbonyl (C=O) groups excluding carboxylic acids is 1. The van der Waals surface area contributed by atoms with Gasteiger partial charge in [0, 0.05) is 18.1 Å². The molecule has 0 saturated heterocycles. The highest BCUT2D eigenvalue weighted by Gasteiger charge is 2.15. The van der Waals surface area contributed by atoms with Gasteiger partial charge in [-0.3, -0.25) is 4.79 Å². The predicted molar refractivity (Wildman–Crippen MR) is 77.2 cm³/mol. The van der Waals surface area contributed by atoms with Crippen LogP contribution in [0, 0.1) is 6.92 Å². The zero-order chi connectivity index (χ0) is 13.7.